The average Bonchev–Trinajstić information content (AvgIpc) is 2.16. The number of esters is 1. The maximum Gasteiger partial charge on any atom is 0.329 e. The van der Waals surface area contributed by atoms with Gasteiger partial charge in [-0.25, -0.2) is 4.79 Å². The van der Waals surface area contributed by atoms with Gasteiger partial charge in [-0.3, -0.25) is 0 Å². The molecule has 0 spiro atoms. The molecule has 0 unspecified atom stereocenters. The van der Waals surface area contributed by atoms with E-state index in [-0.39, 0.29) is 25.7 Å². The Labute approximate surface area is 88.4 Å². The Morgan fingerprint density at radius 3 is 2.92 bits per heavy atom. The number of hydrogen-bond acceptors (Lipinski definition) is 5. The highest BCUT2D eigenvalue weighted by Gasteiger charge is 1.94. The first-order valence-corrected chi connectivity index (χ1v) is 9.70. The van der Waals surface area contributed by atoms with E-state index in [0.29, 0.717) is 6.23 Å². The Morgan fingerprint density at radius 2 is 2.31 bits per heavy atom. The lowest BCUT2D eigenvalue weighted by Crippen LogP contribution is -2.43. The standard InChI is InChI=1S/C4H17N3O2Si4/c1-2-4(8)9-3-11-6-13-7-12-5-10/h2,5-7H,1,3,11-13H2,10H3. The second kappa shape index (κ2) is 10.0. The summed E-state index contributed by atoms with van der Waals surface area (Å²) in [6.45, 7) is 3.32. The minimum atomic E-state index is -0.405. The first kappa shape index (κ1) is 13.0. The van der Waals surface area contributed by atoms with Gasteiger partial charge in [0.25, 0.3) is 0 Å². The van der Waals surface area contributed by atoms with Gasteiger partial charge in [0.2, 0.25) is 0 Å². The predicted molar refractivity (Wildman–Crippen MR) is 66.1 cm³/mol. The van der Waals surface area contributed by atoms with Crippen LogP contribution in [-0.4, -0.2) is 52.0 Å². The highest BCUT2D eigenvalue weighted by Crippen LogP contribution is 1.74. The Hall–Kier alpha value is -0.0425. The third-order valence-electron chi connectivity index (χ3n) is 1.24. The summed E-state index contributed by atoms with van der Waals surface area (Å²) in [5, 5.41) is 0. The smallest absolute Gasteiger partial charge is 0.329 e. The van der Waals surface area contributed by atoms with Crippen molar-refractivity contribution in [2.24, 2.45) is 0 Å². The molecule has 3 N–H and O–H groups in total. The largest absolute Gasteiger partial charge is 0.465 e. The fraction of sp³-hybridized carbons (Fsp3) is 0.250. The van der Waals surface area contributed by atoms with Crippen molar-refractivity contribution in [2.75, 3.05) is 6.23 Å². The fourth-order valence-corrected chi connectivity index (χ4v) is 8.28. The van der Waals surface area contributed by atoms with Crippen molar-refractivity contribution >= 4 is 45.7 Å². The van der Waals surface area contributed by atoms with Gasteiger partial charge in [-0.2, -0.15) is 0 Å². The molecule has 0 aromatic rings. The van der Waals surface area contributed by atoms with Crippen molar-refractivity contribution in [3.05, 3.63) is 12.7 Å². The molecule has 9 heteroatoms. The van der Waals surface area contributed by atoms with E-state index in [1.165, 1.54) is 6.08 Å². The SMILES string of the molecule is C=CC(=O)OC[SiH2]N[SiH2]N[SiH2]N[SiH3]. The first-order chi connectivity index (χ1) is 6.31. The molecule has 0 bridgehead atoms. The maximum atomic E-state index is 10.6. The van der Waals surface area contributed by atoms with Crippen LogP contribution in [-0.2, 0) is 9.53 Å². The van der Waals surface area contributed by atoms with Crippen molar-refractivity contribution in [1.82, 2.24) is 13.9 Å². The zero-order valence-corrected chi connectivity index (χ0v) is 14.2. The third-order valence-corrected chi connectivity index (χ3v) is 7.48. The van der Waals surface area contributed by atoms with Crippen molar-refractivity contribution in [3.63, 3.8) is 0 Å². The molecule has 0 aliphatic heterocycles. The Balaban J connectivity index is 2.99. The van der Waals surface area contributed by atoms with E-state index in [1.807, 2.05) is 0 Å². The summed E-state index contributed by atoms with van der Waals surface area (Å²) >= 11 is 0. The molecule has 0 aliphatic rings. The van der Waals surface area contributed by atoms with Gasteiger partial charge >= 0.3 is 5.97 Å². The lowest BCUT2D eigenvalue weighted by Gasteiger charge is -2.04. The molecular weight excluding hydrogens is 234 g/mol. The van der Waals surface area contributed by atoms with E-state index in [9.17, 15) is 4.79 Å². The second-order valence-corrected chi connectivity index (χ2v) is 10.8. The van der Waals surface area contributed by atoms with E-state index >= 15 is 0 Å². The predicted octanol–water partition coefficient (Wildman–Crippen LogP) is -5.20. The molecule has 0 saturated heterocycles. The number of hydrogen-bond donors (Lipinski definition) is 3. The molecule has 0 fully saturated rings. The van der Waals surface area contributed by atoms with Crippen LogP contribution in [0.15, 0.2) is 12.7 Å². The summed E-state index contributed by atoms with van der Waals surface area (Å²) in [4.78, 5) is 10.6. The maximum absolute atomic E-state index is 10.6. The summed E-state index contributed by atoms with van der Waals surface area (Å²) in [7, 11) is 0.219. The van der Waals surface area contributed by atoms with E-state index < -0.39 is 9.68 Å². The molecule has 76 valence electrons. The van der Waals surface area contributed by atoms with Gasteiger partial charge in [0.1, 0.15) is 9.68 Å². The van der Waals surface area contributed by atoms with Crippen LogP contribution in [0.4, 0.5) is 0 Å². The van der Waals surface area contributed by atoms with Gasteiger partial charge < -0.3 is 18.7 Å². The van der Waals surface area contributed by atoms with Gasteiger partial charge in [-0.15, -0.1) is 0 Å². The van der Waals surface area contributed by atoms with Crippen LogP contribution < -0.4 is 13.9 Å². The van der Waals surface area contributed by atoms with Crippen molar-refractivity contribution in [2.45, 2.75) is 0 Å². The van der Waals surface area contributed by atoms with Crippen molar-refractivity contribution in [1.29, 1.82) is 0 Å². The molecule has 0 heterocycles. The molecule has 0 radical (unpaired) electrons. The Morgan fingerprint density at radius 1 is 1.54 bits per heavy atom. The first-order valence-electron chi connectivity index (χ1n) is 4.16. The molecule has 13 heavy (non-hydrogen) atoms. The molecule has 5 nitrogen and oxygen atoms in total. The number of rotatable bonds is 8. The minimum Gasteiger partial charge on any atom is -0.465 e. The summed E-state index contributed by atoms with van der Waals surface area (Å²) in [6.07, 6.45) is 1.76. The second-order valence-electron chi connectivity index (χ2n) is 2.33. The lowest BCUT2D eigenvalue weighted by atomic mass is 10.7. The molecule has 0 aliphatic carbocycles. The van der Waals surface area contributed by atoms with E-state index in [0.717, 1.165) is 10.4 Å². The van der Waals surface area contributed by atoms with Crippen LogP contribution in [0.1, 0.15) is 0 Å². The fourth-order valence-electron chi connectivity index (χ4n) is 0.647. The molecule has 0 amide bonds. The van der Waals surface area contributed by atoms with Gasteiger partial charge in [0.15, 0.2) is 19.7 Å². The van der Waals surface area contributed by atoms with Gasteiger partial charge in [-0.05, 0) is 0 Å². The molecular formula is C4H17N3O2Si4. The number of carbonyl (C=O) groups is 1. The molecule has 0 saturated carbocycles. The molecule has 0 atom stereocenters. The normalized spacial score (nSPS) is 12.6. The number of carbonyl (C=O) groups excluding carboxylic acids is 1. The Kier molecular flexibility index (Phi) is 10.0. The van der Waals surface area contributed by atoms with Crippen molar-refractivity contribution < 1.29 is 9.53 Å². The highest BCUT2D eigenvalue weighted by molar-refractivity contribution is 6.57. The summed E-state index contributed by atoms with van der Waals surface area (Å²) in [5.74, 6) is -0.320. The quantitative estimate of drug-likeness (QED) is 0.174. The topological polar surface area (TPSA) is 62.4 Å². The van der Waals surface area contributed by atoms with Crippen LogP contribution in [0.2, 0.25) is 0 Å². The van der Waals surface area contributed by atoms with E-state index in [1.54, 1.807) is 0 Å². The molecule has 0 rings (SSSR count). The zero-order valence-electron chi connectivity index (χ0n) is 7.93. The molecule has 0 aromatic heterocycles. The van der Waals surface area contributed by atoms with Crippen LogP contribution in [0.5, 0.6) is 0 Å². The van der Waals surface area contributed by atoms with Crippen LogP contribution in [0.3, 0.4) is 0 Å². The summed E-state index contributed by atoms with van der Waals surface area (Å²) in [6, 6.07) is 0. The zero-order chi connectivity index (χ0) is 9.94. The Bertz CT molecular complexity index is 158. The van der Waals surface area contributed by atoms with E-state index in [2.05, 4.69) is 20.5 Å². The summed E-state index contributed by atoms with van der Waals surface area (Å²) < 4.78 is 14.9. The number of ether oxygens (including phenoxy) is 1. The van der Waals surface area contributed by atoms with Crippen molar-refractivity contribution in [3.8, 4) is 0 Å². The molecule has 0 aromatic carbocycles. The lowest BCUT2D eigenvalue weighted by molar-refractivity contribution is -0.135. The monoisotopic (exact) mass is 251 g/mol. The van der Waals surface area contributed by atoms with Crippen LogP contribution in [0, 0.1) is 0 Å². The van der Waals surface area contributed by atoms with Gasteiger partial charge in [0.05, 0.1) is 16.6 Å². The number of nitrogens with one attached hydrogen (secondary N) is 3. The van der Waals surface area contributed by atoms with Gasteiger partial charge in [0, 0.05) is 6.08 Å². The van der Waals surface area contributed by atoms with E-state index in [4.69, 9.17) is 4.74 Å². The van der Waals surface area contributed by atoms with Gasteiger partial charge in [-0.1, -0.05) is 6.58 Å². The highest BCUT2D eigenvalue weighted by atomic mass is 28.3. The average molecular weight is 252 g/mol. The summed E-state index contributed by atoms with van der Waals surface area (Å²) in [5.41, 5.74) is 0. The minimum absolute atomic E-state index is 0.173. The third kappa shape index (κ3) is 9.87. The van der Waals surface area contributed by atoms with Crippen LogP contribution >= 0.6 is 0 Å². The van der Waals surface area contributed by atoms with Crippen LogP contribution in [0.25, 0.3) is 0 Å².